The Balaban J connectivity index is 1.47. The Kier molecular flexibility index (Phi) is 4.77. The van der Waals surface area contributed by atoms with Crippen LogP contribution in [0.3, 0.4) is 0 Å². The molecule has 2 aromatic carbocycles. The van der Waals surface area contributed by atoms with E-state index in [2.05, 4.69) is 40.3 Å². The van der Waals surface area contributed by atoms with Gasteiger partial charge in [0.15, 0.2) is 4.77 Å². The van der Waals surface area contributed by atoms with Gasteiger partial charge in [0.25, 0.3) is 11.5 Å². The number of carbonyl (C=O) groups excluding carboxylic acids is 1. The van der Waals surface area contributed by atoms with Gasteiger partial charge in [-0.15, -0.1) is 0 Å². The normalized spacial score (nSPS) is 15.6. The Bertz CT molecular complexity index is 1180. The van der Waals surface area contributed by atoms with Gasteiger partial charge < -0.3 is 15.2 Å². The Hall–Kier alpha value is -2.93. The van der Waals surface area contributed by atoms with Gasteiger partial charge in [-0.3, -0.25) is 14.2 Å². The van der Waals surface area contributed by atoms with E-state index in [0.717, 1.165) is 13.0 Å². The maximum absolute atomic E-state index is 12.6. The van der Waals surface area contributed by atoms with Gasteiger partial charge in [0.2, 0.25) is 0 Å². The number of benzene rings is 2. The maximum atomic E-state index is 12.6. The summed E-state index contributed by atoms with van der Waals surface area (Å²) in [6.07, 6.45) is 1.03. The molecule has 1 aromatic heterocycles. The fourth-order valence-electron chi connectivity index (χ4n) is 3.81. The van der Waals surface area contributed by atoms with Crippen LogP contribution < -0.4 is 15.8 Å². The molecule has 1 aliphatic heterocycles. The summed E-state index contributed by atoms with van der Waals surface area (Å²) in [5.41, 5.74) is 3.50. The average molecular weight is 395 g/mol. The predicted octanol–water partition coefficient (Wildman–Crippen LogP) is 2.78. The van der Waals surface area contributed by atoms with Crippen LogP contribution in [-0.4, -0.2) is 34.6 Å². The monoisotopic (exact) mass is 394 g/mol. The molecule has 2 heterocycles. The standard InChI is InChI=1S/C21H22N4O2S/c1-13-11-14-5-3-4-6-18(14)25(13)10-9-22-19(26)15-7-8-16-17(12-15)23-21(28)24(2)20(16)27/h3-8,12-13H,9-11H2,1-2H3,(H,22,26)(H,23,28). The fraction of sp³-hybridized carbons (Fsp3) is 0.286. The number of aromatic amines is 1. The second-order valence-electron chi connectivity index (χ2n) is 7.19. The summed E-state index contributed by atoms with van der Waals surface area (Å²) >= 11 is 5.15. The number of para-hydroxylation sites is 1. The van der Waals surface area contributed by atoms with Gasteiger partial charge >= 0.3 is 0 Å². The molecule has 2 N–H and O–H groups in total. The fourth-order valence-corrected chi connectivity index (χ4v) is 4.00. The molecule has 0 bridgehead atoms. The summed E-state index contributed by atoms with van der Waals surface area (Å²) in [5.74, 6) is -0.165. The van der Waals surface area contributed by atoms with Gasteiger partial charge in [0, 0.05) is 37.4 Å². The molecule has 0 saturated carbocycles. The zero-order valence-electron chi connectivity index (χ0n) is 15.9. The largest absolute Gasteiger partial charge is 0.367 e. The summed E-state index contributed by atoms with van der Waals surface area (Å²) in [4.78, 5) is 30.2. The molecule has 28 heavy (non-hydrogen) atoms. The van der Waals surface area contributed by atoms with Crippen LogP contribution >= 0.6 is 12.2 Å². The van der Waals surface area contributed by atoms with Gasteiger partial charge in [-0.2, -0.15) is 0 Å². The van der Waals surface area contributed by atoms with Crippen molar-refractivity contribution in [2.24, 2.45) is 7.05 Å². The van der Waals surface area contributed by atoms with E-state index in [4.69, 9.17) is 12.2 Å². The van der Waals surface area contributed by atoms with Crippen molar-refractivity contribution in [3.8, 4) is 0 Å². The number of fused-ring (bicyclic) bond motifs is 2. The summed E-state index contributed by atoms with van der Waals surface area (Å²) in [6.45, 7) is 3.50. The first-order valence-corrected chi connectivity index (χ1v) is 9.72. The number of aromatic nitrogens is 2. The number of hydrogen-bond donors (Lipinski definition) is 2. The van der Waals surface area contributed by atoms with E-state index in [0.29, 0.717) is 33.8 Å². The van der Waals surface area contributed by atoms with E-state index >= 15 is 0 Å². The first-order valence-electron chi connectivity index (χ1n) is 9.31. The molecule has 1 aliphatic rings. The Morgan fingerprint density at radius 3 is 2.89 bits per heavy atom. The number of hydrogen-bond acceptors (Lipinski definition) is 4. The van der Waals surface area contributed by atoms with Crippen molar-refractivity contribution in [2.75, 3.05) is 18.0 Å². The van der Waals surface area contributed by atoms with Crippen molar-refractivity contribution in [1.29, 1.82) is 0 Å². The number of carbonyl (C=O) groups is 1. The Morgan fingerprint density at radius 2 is 2.07 bits per heavy atom. The minimum absolute atomic E-state index is 0.165. The molecular formula is C21H22N4O2S. The molecule has 144 valence electrons. The van der Waals surface area contributed by atoms with Crippen molar-refractivity contribution in [3.63, 3.8) is 0 Å². The van der Waals surface area contributed by atoms with E-state index < -0.39 is 0 Å². The van der Waals surface area contributed by atoms with Gasteiger partial charge in [-0.05, 0) is 55.4 Å². The minimum Gasteiger partial charge on any atom is -0.367 e. The maximum Gasteiger partial charge on any atom is 0.261 e. The molecule has 0 spiro atoms. The van der Waals surface area contributed by atoms with E-state index in [1.807, 2.05) is 6.07 Å². The number of nitrogens with one attached hydrogen (secondary N) is 2. The van der Waals surface area contributed by atoms with E-state index in [-0.39, 0.29) is 11.5 Å². The number of H-pyrrole nitrogens is 1. The average Bonchev–Trinajstić information content (AvgIpc) is 3.01. The lowest BCUT2D eigenvalue weighted by Gasteiger charge is -2.25. The molecule has 0 radical (unpaired) electrons. The molecule has 7 heteroatoms. The topological polar surface area (TPSA) is 70.1 Å². The number of nitrogens with zero attached hydrogens (tertiary/aromatic N) is 2. The van der Waals surface area contributed by atoms with Crippen molar-refractivity contribution in [2.45, 2.75) is 19.4 Å². The molecule has 1 atom stereocenters. The van der Waals surface area contributed by atoms with Gasteiger partial charge in [0.05, 0.1) is 10.9 Å². The van der Waals surface area contributed by atoms with Crippen LogP contribution in [0.5, 0.6) is 0 Å². The van der Waals surface area contributed by atoms with Crippen LogP contribution in [0.1, 0.15) is 22.8 Å². The van der Waals surface area contributed by atoms with E-state index in [1.165, 1.54) is 15.8 Å². The zero-order valence-corrected chi connectivity index (χ0v) is 16.7. The highest BCUT2D eigenvalue weighted by molar-refractivity contribution is 7.71. The molecule has 0 fully saturated rings. The highest BCUT2D eigenvalue weighted by Gasteiger charge is 2.24. The first kappa shape index (κ1) is 18.4. The van der Waals surface area contributed by atoms with E-state index in [1.54, 1.807) is 25.2 Å². The van der Waals surface area contributed by atoms with Crippen LogP contribution in [-0.2, 0) is 13.5 Å². The van der Waals surface area contributed by atoms with Crippen LogP contribution in [0.2, 0.25) is 0 Å². The molecule has 1 amide bonds. The van der Waals surface area contributed by atoms with Crippen LogP contribution in [0.15, 0.2) is 47.3 Å². The van der Waals surface area contributed by atoms with Crippen molar-refractivity contribution < 1.29 is 4.79 Å². The Morgan fingerprint density at radius 1 is 1.29 bits per heavy atom. The smallest absolute Gasteiger partial charge is 0.261 e. The minimum atomic E-state index is -0.174. The van der Waals surface area contributed by atoms with Gasteiger partial charge in [-0.25, -0.2) is 0 Å². The van der Waals surface area contributed by atoms with Crippen molar-refractivity contribution in [3.05, 3.63) is 68.7 Å². The SMILES string of the molecule is CC1Cc2ccccc2N1CCNC(=O)c1ccc2c(=O)n(C)c(=S)[nH]c2c1. The summed E-state index contributed by atoms with van der Waals surface area (Å²) in [5, 5.41) is 3.49. The highest BCUT2D eigenvalue weighted by atomic mass is 32.1. The van der Waals surface area contributed by atoms with Crippen LogP contribution in [0.25, 0.3) is 10.9 Å². The number of anilines is 1. The lowest BCUT2D eigenvalue weighted by molar-refractivity contribution is 0.0954. The quantitative estimate of drug-likeness (QED) is 0.668. The van der Waals surface area contributed by atoms with Crippen molar-refractivity contribution in [1.82, 2.24) is 14.9 Å². The molecule has 4 rings (SSSR count). The van der Waals surface area contributed by atoms with Crippen molar-refractivity contribution >= 4 is 34.7 Å². The third-order valence-electron chi connectivity index (χ3n) is 5.35. The molecule has 1 unspecified atom stereocenters. The second-order valence-corrected chi connectivity index (χ2v) is 7.57. The third-order valence-corrected chi connectivity index (χ3v) is 5.73. The number of rotatable bonds is 4. The van der Waals surface area contributed by atoms with Crippen LogP contribution in [0.4, 0.5) is 5.69 Å². The lowest BCUT2D eigenvalue weighted by atomic mass is 10.1. The Labute approximate surface area is 167 Å². The molecule has 3 aromatic rings. The molecular weight excluding hydrogens is 372 g/mol. The summed E-state index contributed by atoms with van der Waals surface area (Å²) in [7, 11) is 1.62. The zero-order chi connectivity index (χ0) is 19.8. The molecule has 0 aliphatic carbocycles. The lowest BCUT2D eigenvalue weighted by Crippen LogP contribution is -2.37. The molecule has 0 saturated heterocycles. The van der Waals surface area contributed by atoms with Gasteiger partial charge in [-0.1, -0.05) is 18.2 Å². The van der Waals surface area contributed by atoms with Crippen LogP contribution in [0, 0.1) is 4.77 Å². The highest BCUT2D eigenvalue weighted by Crippen LogP contribution is 2.31. The summed E-state index contributed by atoms with van der Waals surface area (Å²) in [6, 6.07) is 13.8. The first-order chi connectivity index (χ1) is 13.5. The second kappa shape index (κ2) is 7.24. The number of amides is 1. The molecule has 6 nitrogen and oxygen atoms in total. The predicted molar refractivity (Wildman–Crippen MR) is 114 cm³/mol. The van der Waals surface area contributed by atoms with Gasteiger partial charge in [0.1, 0.15) is 0 Å². The summed E-state index contributed by atoms with van der Waals surface area (Å²) < 4.78 is 1.71. The van der Waals surface area contributed by atoms with E-state index in [9.17, 15) is 9.59 Å². The third kappa shape index (κ3) is 3.22.